The summed E-state index contributed by atoms with van der Waals surface area (Å²) in [5.74, 6) is 0. The molecule has 1 aliphatic rings. The van der Waals surface area contributed by atoms with Crippen molar-refractivity contribution in [2.75, 3.05) is 11.9 Å². The highest BCUT2D eigenvalue weighted by molar-refractivity contribution is 9.10. The second-order valence-corrected chi connectivity index (χ2v) is 4.59. The number of rotatable bonds is 2. The van der Waals surface area contributed by atoms with Crippen LogP contribution < -0.4 is 11.1 Å². The van der Waals surface area contributed by atoms with Crippen molar-refractivity contribution in [3.05, 3.63) is 28.2 Å². The van der Waals surface area contributed by atoms with Crippen molar-refractivity contribution in [3.63, 3.8) is 0 Å². The van der Waals surface area contributed by atoms with Gasteiger partial charge in [0.2, 0.25) is 0 Å². The van der Waals surface area contributed by atoms with Crippen LogP contribution in [0.25, 0.3) is 0 Å². The van der Waals surface area contributed by atoms with Crippen LogP contribution in [0.15, 0.2) is 22.7 Å². The average molecular weight is 255 g/mol. The third kappa shape index (κ3) is 1.93. The minimum Gasteiger partial charge on any atom is -0.381 e. The Balaban J connectivity index is 2.20. The number of nitrogens with two attached hydrogens (primary N) is 1. The molecule has 2 nitrogen and oxygen atoms in total. The zero-order chi connectivity index (χ0) is 9.97. The van der Waals surface area contributed by atoms with Crippen LogP contribution in [0.4, 0.5) is 5.69 Å². The lowest BCUT2D eigenvalue weighted by Gasteiger charge is -2.27. The number of nitrogens with one attached hydrogen (secondary N) is 1. The maximum absolute atomic E-state index is 5.57. The van der Waals surface area contributed by atoms with Crippen LogP contribution in [0.1, 0.15) is 18.4 Å². The molecule has 0 bridgehead atoms. The molecule has 0 aliphatic carbocycles. The Hall–Kier alpha value is -0.540. The molecule has 2 rings (SSSR count). The van der Waals surface area contributed by atoms with Crippen LogP contribution in [0, 0.1) is 0 Å². The Labute approximate surface area is 93.0 Å². The van der Waals surface area contributed by atoms with Gasteiger partial charge >= 0.3 is 0 Å². The molecule has 76 valence electrons. The van der Waals surface area contributed by atoms with E-state index in [1.54, 1.807) is 0 Å². The van der Waals surface area contributed by atoms with E-state index in [0.29, 0.717) is 6.04 Å². The molecule has 1 aliphatic heterocycles. The number of halogens is 1. The van der Waals surface area contributed by atoms with Crippen molar-refractivity contribution in [1.29, 1.82) is 0 Å². The molecular weight excluding hydrogens is 240 g/mol. The van der Waals surface area contributed by atoms with E-state index in [9.17, 15) is 0 Å². The summed E-state index contributed by atoms with van der Waals surface area (Å²) < 4.78 is 1.16. The first kappa shape index (κ1) is 9.99. The van der Waals surface area contributed by atoms with Gasteiger partial charge < -0.3 is 11.1 Å². The highest BCUT2D eigenvalue weighted by atomic mass is 79.9. The first-order valence-corrected chi connectivity index (χ1v) is 5.84. The third-order valence-corrected chi connectivity index (χ3v) is 3.39. The van der Waals surface area contributed by atoms with E-state index < -0.39 is 0 Å². The van der Waals surface area contributed by atoms with Crippen molar-refractivity contribution >= 4 is 21.6 Å². The third-order valence-electron chi connectivity index (χ3n) is 2.73. The normalized spacial score (nSPS) is 20.0. The zero-order valence-electron chi connectivity index (χ0n) is 8.09. The van der Waals surface area contributed by atoms with Crippen molar-refractivity contribution in [3.8, 4) is 0 Å². The minimum absolute atomic E-state index is 0.547. The second kappa shape index (κ2) is 4.32. The van der Waals surface area contributed by atoms with Gasteiger partial charge in [-0.1, -0.05) is 12.1 Å². The van der Waals surface area contributed by atoms with E-state index in [2.05, 4.69) is 39.4 Å². The summed E-state index contributed by atoms with van der Waals surface area (Å²) in [6, 6.07) is 6.90. The van der Waals surface area contributed by atoms with E-state index in [1.165, 1.54) is 17.7 Å². The number of aryl methyl sites for hydroxylation is 1. The van der Waals surface area contributed by atoms with Gasteiger partial charge in [-0.25, -0.2) is 0 Å². The SMILES string of the molecule is NCCC1CCc2cccc(Br)c2N1. The second-order valence-electron chi connectivity index (χ2n) is 3.73. The van der Waals surface area contributed by atoms with Crippen molar-refractivity contribution in [1.82, 2.24) is 0 Å². The Bertz CT molecular complexity index is 325. The molecule has 3 heteroatoms. The summed E-state index contributed by atoms with van der Waals surface area (Å²) in [5, 5.41) is 3.54. The van der Waals surface area contributed by atoms with Crippen molar-refractivity contribution < 1.29 is 0 Å². The lowest BCUT2D eigenvalue weighted by molar-refractivity contribution is 0.593. The van der Waals surface area contributed by atoms with E-state index in [-0.39, 0.29) is 0 Å². The predicted octanol–water partition coefficient (Wildman–Crippen LogP) is 2.52. The van der Waals surface area contributed by atoms with E-state index >= 15 is 0 Å². The van der Waals surface area contributed by atoms with Gasteiger partial charge in [0.05, 0.1) is 5.69 Å². The van der Waals surface area contributed by atoms with Gasteiger partial charge in [0, 0.05) is 10.5 Å². The Morgan fingerprint density at radius 3 is 3.14 bits per heavy atom. The number of benzene rings is 1. The molecule has 1 unspecified atom stereocenters. The molecule has 0 spiro atoms. The molecule has 1 heterocycles. The highest BCUT2D eigenvalue weighted by Crippen LogP contribution is 2.32. The summed E-state index contributed by atoms with van der Waals surface area (Å²) in [6.07, 6.45) is 3.41. The molecule has 0 aromatic heterocycles. The number of hydrogen-bond donors (Lipinski definition) is 2. The Morgan fingerprint density at radius 2 is 2.36 bits per heavy atom. The fraction of sp³-hybridized carbons (Fsp3) is 0.455. The topological polar surface area (TPSA) is 38.0 Å². The Kier molecular flexibility index (Phi) is 3.08. The minimum atomic E-state index is 0.547. The first-order chi connectivity index (χ1) is 6.81. The average Bonchev–Trinajstić information content (AvgIpc) is 2.20. The molecule has 14 heavy (non-hydrogen) atoms. The van der Waals surface area contributed by atoms with E-state index in [0.717, 1.165) is 23.9 Å². The Morgan fingerprint density at radius 1 is 1.50 bits per heavy atom. The smallest absolute Gasteiger partial charge is 0.0519 e. The molecule has 0 fully saturated rings. The van der Waals surface area contributed by atoms with Crippen LogP contribution in [-0.2, 0) is 6.42 Å². The number of fused-ring (bicyclic) bond motifs is 1. The molecular formula is C11H15BrN2. The quantitative estimate of drug-likeness (QED) is 0.852. The largest absolute Gasteiger partial charge is 0.381 e. The molecule has 0 saturated heterocycles. The summed E-state index contributed by atoms with van der Waals surface area (Å²) in [4.78, 5) is 0. The van der Waals surface area contributed by atoms with Gasteiger partial charge in [-0.15, -0.1) is 0 Å². The zero-order valence-corrected chi connectivity index (χ0v) is 9.68. The number of anilines is 1. The van der Waals surface area contributed by atoms with Crippen molar-refractivity contribution in [2.45, 2.75) is 25.3 Å². The van der Waals surface area contributed by atoms with Crippen molar-refractivity contribution in [2.24, 2.45) is 5.73 Å². The summed E-state index contributed by atoms with van der Waals surface area (Å²) in [6.45, 7) is 0.761. The van der Waals surface area contributed by atoms with Gasteiger partial charge in [0.1, 0.15) is 0 Å². The van der Waals surface area contributed by atoms with Crippen LogP contribution >= 0.6 is 15.9 Å². The van der Waals surface area contributed by atoms with Gasteiger partial charge in [-0.05, 0) is 53.4 Å². The molecule has 3 N–H and O–H groups in total. The van der Waals surface area contributed by atoms with Gasteiger partial charge in [-0.2, -0.15) is 0 Å². The molecule has 1 aromatic rings. The van der Waals surface area contributed by atoms with Gasteiger partial charge in [0.25, 0.3) is 0 Å². The predicted molar refractivity (Wildman–Crippen MR) is 63.5 cm³/mol. The van der Waals surface area contributed by atoms with Crippen LogP contribution in [0.3, 0.4) is 0 Å². The highest BCUT2D eigenvalue weighted by Gasteiger charge is 2.18. The molecule has 1 aromatic carbocycles. The van der Waals surface area contributed by atoms with Crippen LogP contribution in [0.2, 0.25) is 0 Å². The fourth-order valence-electron chi connectivity index (χ4n) is 1.96. The summed E-state index contributed by atoms with van der Waals surface area (Å²) in [7, 11) is 0. The lowest BCUT2D eigenvalue weighted by atomic mass is 9.96. The maximum atomic E-state index is 5.57. The summed E-state index contributed by atoms with van der Waals surface area (Å²) >= 11 is 3.57. The number of para-hydroxylation sites is 1. The van der Waals surface area contributed by atoms with Crippen LogP contribution in [0.5, 0.6) is 0 Å². The molecule has 0 saturated carbocycles. The standard InChI is InChI=1S/C11H15BrN2/c12-10-3-1-2-8-4-5-9(6-7-13)14-11(8)10/h1-3,9,14H,4-7,13H2. The lowest BCUT2D eigenvalue weighted by Crippen LogP contribution is -2.28. The van der Waals surface area contributed by atoms with Gasteiger partial charge in [0.15, 0.2) is 0 Å². The molecule has 0 amide bonds. The molecule has 1 atom stereocenters. The molecule has 0 radical (unpaired) electrons. The van der Waals surface area contributed by atoms with Gasteiger partial charge in [-0.3, -0.25) is 0 Å². The summed E-state index contributed by atoms with van der Waals surface area (Å²) in [5.41, 5.74) is 8.24. The van der Waals surface area contributed by atoms with E-state index in [4.69, 9.17) is 5.73 Å². The fourth-order valence-corrected chi connectivity index (χ4v) is 2.48. The first-order valence-electron chi connectivity index (χ1n) is 5.05. The maximum Gasteiger partial charge on any atom is 0.0519 e. The number of hydrogen-bond acceptors (Lipinski definition) is 2. The van der Waals surface area contributed by atoms with Crippen LogP contribution in [-0.4, -0.2) is 12.6 Å². The van der Waals surface area contributed by atoms with E-state index in [1.807, 2.05) is 0 Å². The monoisotopic (exact) mass is 254 g/mol.